The van der Waals surface area contributed by atoms with Crippen molar-refractivity contribution in [3.63, 3.8) is 0 Å². The second-order valence-electron chi connectivity index (χ2n) is 4.87. The van der Waals surface area contributed by atoms with E-state index in [9.17, 15) is 18.0 Å². The Kier molecular flexibility index (Phi) is 12.4. The number of ether oxygens (including phenoxy) is 4. The number of carbonyl (C=O) groups excluding carboxylic acids is 1. The Labute approximate surface area is 155 Å². The predicted octanol–water partition coefficient (Wildman–Crippen LogP) is 4.08. The topological polar surface area (TPSA) is 54.0 Å². The summed E-state index contributed by atoms with van der Waals surface area (Å²) < 4.78 is 59.9. The van der Waals surface area contributed by atoms with Crippen LogP contribution in [-0.4, -0.2) is 54.0 Å². The van der Waals surface area contributed by atoms with Gasteiger partial charge in [-0.1, -0.05) is 11.8 Å². The zero-order valence-electron chi connectivity index (χ0n) is 14.8. The largest absolute Gasteiger partial charge is 0.479 e. The van der Waals surface area contributed by atoms with Gasteiger partial charge in [0.1, 0.15) is 0 Å². The van der Waals surface area contributed by atoms with Crippen LogP contribution in [0.3, 0.4) is 0 Å². The normalized spacial score (nSPS) is 14.2. The minimum atomic E-state index is -4.68. The summed E-state index contributed by atoms with van der Waals surface area (Å²) in [5.74, 6) is -0.996. The first-order chi connectivity index (χ1) is 11.6. The standard InChI is InChI=1S/C15H25F3O5S2/c1-5-20-13(21-6-2)9-11(25-14(24)22-7-3)8-12(15(16,17)18)23-10(4)19/h11-13H,5-9H2,1-4H3. The van der Waals surface area contributed by atoms with Crippen molar-refractivity contribution in [2.24, 2.45) is 0 Å². The molecule has 148 valence electrons. The van der Waals surface area contributed by atoms with Crippen molar-refractivity contribution in [3.05, 3.63) is 0 Å². The molecule has 0 bridgehead atoms. The molecule has 0 aromatic carbocycles. The number of hydrogen-bond donors (Lipinski definition) is 0. The number of alkyl halides is 3. The van der Waals surface area contributed by atoms with Crippen LogP contribution < -0.4 is 0 Å². The van der Waals surface area contributed by atoms with Crippen molar-refractivity contribution >= 4 is 34.3 Å². The summed E-state index contributed by atoms with van der Waals surface area (Å²) in [6.45, 7) is 7.20. The third-order valence-corrected chi connectivity index (χ3v) is 4.27. The van der Waals surface area contributed by atoms with E-state index < -0.39 is 36.2 Å². The molecule has 0 amide bonds. The maximum atomic E-state index is 13.1. The molecule has 2 unspecified atom stereocenters. The van der Waals surface area contributed by atoms with Crippen molar-refractivity contribution in [2.45, 2.75) is 64.4 Å². The molecule has 0 spiro atoms. The highest BCUT2D eigenvalue weighted by Gasteiger charge is 2.44. The van der Waals surface area contributed by atoms with Crippen LogP contribution in [-0.2, 0) is 23.7 Å². The Bertz CT molecular complexity index is 401. The molecule has 0 fully saturated rings. The van der Waals surface area contributed by atoms with Gasteiger partial charge in [-0.3, -0.25) is 4.79 Å². The quantitative estimate of drug-likeness (QED) is 0.291. The first-order valence-corrected chi connectivity index (χ1v) is 9.23. The lowest BCUT2D eigenvalue weighted by Gasteiger charge is -2.27. The van der Waals surface area contributed by atoms with Crippen LogP contribution in [0.4, 0.5) is 13.2 Å². The van der Waals surface area contributed by atoms with Gasteiger partial charge in [0.05, 0.1) is 6.61 Å². The fourth-order valence-electron chi connectivity index (χ4n) is 1.94. The van der Waals surface area contributed by atoms with Gasteiger partial charge in [0.25, 0.3) is 0 Å². The van der Waals surface area contributed by atoms with E-state index in [2.05, 4.69) is 4.74 Å². The molecule has 0 saturated carbocycles. The lowest BCUT2D eigenvalue weighted by atomic mass is 10.1. The summed E-state index contributed by atoms with van der Waals surface area (Å²) in [6, 6.07) is 0. The number of hydrogen-bond acceptors (Lipinski definition) is 7. The van der Waals surface area contributed by atoms with Gasteiger partial charge in [-0.15, -0.1) is 0 Å². The molecule has 0 aliphatic carbocycles. The van der Waals surface area contributed by atoms with E-state index in [4.69, 9.17) is 26.4 Å². The zero-order valence-corrected chi connectivity index (χ0v) is 16.4. The monoisotopic (exact) mass is 406 g/mol. The molecule has 10 heteroatoms. The number of carbonyl (C=O) groups is 1. The molecular formula is C15H25F3O5S2. The van der Waals surface area contributed by atoms with Crippen LogP contribution in [0.1, 0.15) is 40.5 Å². The molecule has 0 aromatic rings. The number of rotatable bonds is 11. The molecule has 25 heavy (non-hydrogen) atoms. The summed E-state index contributed by atoms with van der Waals surface area (Å²) in [5, 5.41) is -0.659. The molecule has 0 radical (unpaired) electrons. The van der Waals surface area contributed by atoms with Crippen LogP contribution in [0.5, 0.6) is 0 Å². The Morgan fingerprint density at radius 3 is 2.04 bits per heavy atom. The van der Waals surface area contributed by atoms with Gasteiger partial charge in [0.15, 0.2) is 12.4 Å². The van der Waals surface area contributed by atoms with Crippen LogP contribution in [0.15, 0.2) is 0 Å². The van der Waals surface area contributed by atoms with Gasteiger partial charge < -0.3 is 18.9 Å². The Morgan fingerprint density at radius 2 is 1.64 bits per heavy atom. The second-order valence-corrected chi connectivity index (χ2v) is 6.78. The maximum Gasteiger partial charge on any atom is 0.425 e. The average Bonchev–Trinajstić information content (AvgIpc) is 2.45. The summed E-state index contributed by atoms with van der Waals surface area (Å²) in [7, 11) is 0. The minimum absolute atomic E-state index is 0.128. The molecule has 0 aliphatic rings. The third kappa shape index (κ3) is 11.6. The van der Waals surface area contributed by atoms with E-state index in [0.29, 0.717) is 19.8 Å². The SMILES string of the molecule is CCOC(=S)SC(CC(OCC)OCC)CC(OC(C)=O)C(F)(F)F. The van der Waals surface area contributed by atoms with Gasteiger partial charge >= 0.3 is 12.1 Å². The molecule has 0 aromatic heterocycles. The van der Waals surface area contributed by atoms with Crippen LogP contribution in [0.2, 0.25) is 0 Å². The fourth-order valence-corrected chi connectivity index (χ4v) is 3.45. The molecule has 2 atom stereocenters. The summed E-state index contributed by atoms with van der Waals surface area (Å²) in [6.07, 6.45) is -7.91. The molecule has 0 N–H and O–H groups in total. The summed E-state index contributed by atoms with van der Waals surface area (Å²) >= 11 is 5.99. The Balaban J connectivity index is 5.17. The van der Waals surface area contributed by atoms with Crippen LogP contribution in [0, 0.1) is 0 Å². The Hall–Kier alpha value is -0.580. The average molecular weight is 406 g/mol. The number of thioether (sulfide) groups is 1. The summed E-state index contributed by atoms with van der Waals surface area (Å²) in [5.41, 5.74) is 0. The highest BCUT2D eigenvalue weighted by atomic mass is 32.2. The first-order valence-electron chi connectivity index (χ1n) is 7.94. The number of halogens is 3. The van der Waals surface area contributed by atoms with Crippen molar-refractivity contribution < 1.29 is 36.9 Å². The highest BCUT2D eigenvalue weighted by Crippen LogP contribution is 2.33. The lowest BCUT2D eigenvalue weighted by Crippen LogP contribution is -2.37. The third-order valence-electron chi connectivity index (χ3n) is 2.84. The fraction of sp³-hybridized carbons (Fsp3) is 0.867. The molecule has 0 saturated heterocycles. The van der Waals surface area contributed by atoms with E-state index in [1.807, 2.05) is 0 Å². The predicted molar refractivity (Wildman–Crippen MR) is 93.5 cm³/mol. The second kappa shape index (κ2) is 12.7. The highest BCUT2D eigenvalue weighted by molar-refractivity contribution is 8.23. The van der Waals surface area contributed by atoms with Gasteiger partial charge in [-0.2, -0.15) is 13.2 Å². The Morgan fingerprint density at radius 1 is 1.08 bits per heavy atom. The molecule has 0 heterocycles. The van der Waals surface area contributed by atoms with Gasteiger partial charge in [-0.05, 0) is 33.0 Å². The van der Waals surface area contributed by atoms with Crippen molar-refractivity contribution in [1.29, 1.82) is 0 Å². The first kappa shape index (κ1) is 24.4. The molecule has 5 nitrogen and oxygen atoms in total. The van der Waals surface area contributed by atoms with Gasteiger partial charge in [-0.25, -0.2) is 0 Å². The van der Waals surface area contributed by atoms with Gasteiger partial charge in [0, 0.05) is 38.2 Å². The number of esters is 1. The minimum Gasteiger partial charge on any atom is -0.479 e. The van der Waals surface area contributed by atoms with Gasteiger partial charge in [0.2, 0.25) is 4.38 Å². The zero-order chi connectivity index (χ0) is 19.5. The summed E-state index contributed by atoms with van der Waals surface area (Å²) in [4.78, 5) is 11.0. The van der Waals surface area contributed by atoms with Crippen LogP contribution >= 0.6 is 24.0 Å². The smallest absolute Gasteiger partial charge is 0.425 e. The van der Waals surface area contributed by atoms with E-state index in [1.54, 1.807) is 20.8 Å². The van der Waals surface area contributed by atoms with Crippen molar-refractivity contribution in [2.75, 3.05) is 19.8 Å². The number of thiocarbonyl (C=S) groups is 1. The van der Waals surface area contributed by atoms with Crippen LogP contribution in [0.25, 0.3) is 0 Å². The maximum absolute atomic E-state index is 13.1. The molecule has 0 rings (SSSR count). The molecule has 0 aliphatic heterocycles. The van der Waals surface area contributed by atoms with E-state index >= 15 is 0 Å². The lowest BCUT2D eigenvalue weighted by molar-refractivity contribution is -0.222. The van der Waals surface area contributed by atoms with E-state index in [-0.39, 0.29) is 10.8 Å². The van der Waals surface area contributed by atoms with E-state index in [1.165, 1.54) is 0 Å². The van der Waals surface area contributed by atoms with E-state index in [0.717, 1.165) is 18.7 Å². The van der Waals surface area contributed by atoms with Crippen molar-refractivity contribution in [1.82, 2.24) is 0 Å². The van der Waals surface area contributed by atoms with Crippen molar-refractivity contribution in [3.8, 4) is 0 Å². The molecular weight excluding hydrogens is 381 g/mol.